The summed E-state index contributed by atoms with van der Waals surface area (Å²) in [4.78, 5) is 33.0. The fraction of sp³-hybridized carbons (Fsp3) is 0.400. The summed E-state index contributed by atoms with van der Waals surface area (Å²) < 4.78 is 8.28. The van der Waals surface area contributed by atoms with Crippen LogP contribution in [-0.2, 0) is 20.9 Å². The first kappa shape index (κ1) is 21.2. The Morgan fingerprint density at radius 1 is 0.933 bits per heavy atom. The quantitative estimate of drug-likeness (QED) is 0.591. The number of aryl methyl sites for hydroxylation is 6. The van der Waals surface area contributed by atoms with Crippen molar-refractivity contribution >= 4 is 17.7 Å². The Morgan fingerprint density at radius 2 is 1.60 bits per heavy atom. The van der Waals surface area contributed by atoms with Gasteiger partial charge in [-0.15, -0.1) is 0 Å². The Balaban J connectivity index is 1.57. The van der Waals surface area contributed by atoms with Gasteiger partial charge in [-0.1, -0.05) is 0 Å². The highest BCUT2D eigenvalue weighted by molar-refractivity contribution is 5.92. The monoisotopic (exact) mass is 411 g/mol. The van der Waals surface area contributed by atoms with E-state index in [4.69, 9.17) is 4.74 Å². The molecule has 0 fully saturated rings. The number of anilines is 1. The topological polar surface area (TPSA) is 117 Å². The van der Waals surface area contributed by atoms with Gasteiger partial charge in [0.05, 0.1) is 24.4 Å². The zero-order valence-electron chi connectivity index (χ0n) is 17.8. The van der Waals surface area contributed by atoms with E-state index in [1.807, 2.05) is 39.8 Å². The van der Waals surface area contributed by atoms with Gasteiger partial charge in [0.2, 0.25) is 0 Å². The molecule has 10 nitrogen and oxygen atoms in total. The van der Waals surface area contributed by atoms with Crippen LogP contribution in [0, 0.1) is 34.6 Å². The van der Waals surface area contributed by atoms with Crippen molar-refractivity contribution in [3.8, 4) is 5.95 Å². The number of carbonyl (C=O) groups excluding carboxylic acids is 2. The molecule has 3 aromatic heterocycles. The molecule has 1 N–H and O–H groups in total. The highest BCUT2D eigenvalue weighted by Gasteiger charge is 2.15. The lowest BCUT2D eigenvalue weighted by Crippen LogP contribution is -2.23. The number of ether oxygens (including phenoxy) is 1. The van der Waals surface area contributed by atoms with E-state index in [2.05, 4.69) is 25.5 Å². The largest absolute Gasteiger partial charge is 0.456 e. The van der Waals surface area contributed by atoms with Gasteiger partial charge in [0.1, 0.15) is 5.82 Å². The van der Waals surface area contributed by atoms with Gasteiger partial charge in [-0.05, 0) is 46.8 Å². The van der Waals surface area contributed by atoms with E-state index in [1.165, 1.54) is 4.68 Å². The van der Waals surface area contributed by atoms with Crippen molar-refractivity contribution in [2.24, 2.45) is 0 Å². The van der Waals surface area contributed by atoms with Gasteiger partial charge >= 0.3 is 5.97 Å². The molecule has 0 aliphatic carbocycles. The Labute approximate surface area is 174 Å². The summed E-state index contributed by atoms with van der Waals surface area (Å²) in [6.07, 6.45) is 0.128. The molecule has 0 radical (unpaired) electrons. The SMILES string of the molecule is Cc1cc(C)nc(-n2nc(C)cc2NC(=O)COC(=O)CCn2nc(C)cc2C)n1. The van der Waals surface area contributed by atoms with Crippen LogP contribution in [-0.4, -0.2) is 48.0 Å². The number of hydrogen-bond donors (Lipinski definition) is 1. The molecule has 0 aliphatic rings. The minimum atomic E-state index is -0.472. The fourth-order valence-electron chi connectivity index (χ4n) is 3.04. The number of nitrogens with one attached hydrogen (secondary N) is 1. The molecule has 0 unspecified atom stereocenters. The maximum Gasteiger partial charge on any atom is 0.308 e. The second-order valence-corrected chi connectivity index (χ2v) is 7.14. The zero-order valence-corrected chi connectivity index (χ0v) is 17.8. The van der Waals surface area contributed by atoms with Gasteiger partial charge in [0, 0.05) is 23.1 Å². The van der Waals surface area contributed by atoms with E-state index in [0.29, 0.717) is 24.0 Å². The number of esters is 1. The Morgan fingerprint density at radius 3 is 2.23 bits per heavy atom. The van der Waals surface area contributed by atoms with Crippen molar-refractivity contribution in [1.82, 2.24) is 29.5 Å². The standard InChI is InChI=1S/C20H25N7O3/c1-12-8-13(2)22-20(21-12)27-17(10-15(4)25-27)23-18(28)11-30-19(29)6-7-26-16(5)9-14(3)24-26/h8-10H,6-7,11H2,1-5H3,(H,23,28). The van der Waals surface area contributed by atoms with E-state index >= 15 is 0 Å². The fourth-order valence-corrected chi connectivity index (χ4v) is 3.04. The Bertz CT molecular complexity index is 1060. The van der Waals surface area contributed by atoms with Crippen molar-refractivity contribution in [2.45, 2.75) is 47.6 Å². The molecule has 3 heterocycles. The van der Waals surface area contributed by atoms with E-state index in [-0.39, 0.29) is 6.42 Å². The molecule has 0 saturated carbocycles. The van der Waals surface area contributed by atoms with Crippen LogP contribution in [0.1, 0.15) is 34.9 Å². The van der Waals surface area contributed by atoms with Gasteiger partial charge in [-0.3, -0.25) is 14.3 Å². The predicted molar refractivity (Wildman–Crippen MR) is 109 cm³/mol. The van der Waals surface area contributed by atoms with Gasteiger partial charge < -0.3 is 10.1 Å². The minimum absolute atomic E-state index is 0.128. The van der Waals surface area contributed by atoms with E-state index in [9.17, 15) is 9.59 Å². The second-order valence-electron chi connectivity index (χ2n) is 7.14. The molecule has 10 heteroatoms. The molecule has 0 atom stereocenters. The van der Waals surface area contributed by atoms with Crippen LogP contribution in [0.25, 0.3) is 5.95 Å². The van der Waals surface area contributed by atoms with Gasteiger partial charge in [-0.25, -0.2) is 9.97 Å². The number of rotatable bonds is 7. The van der Waals surface area contributed by atoms with Crippen LogP contribution in [0.4, 0.5) is 5.82 Å². The van der Waals surface area contributed by atoms with E-state index in [0.717, 1.165) is 22.8 Å². The molecule has 1 amide bonds. The average molecular weight is 411 g/mol. The summed E-state index contributed by atoms with van der Waals surface area (Å²) in [6.45, 7) is 9.33. The van der Waals surface area contributed by atoms with Gasteiger partial charge in [0.25, 0.3) is 11.9 Å². The van der Waals surface area contributed by atoms with Gasteiger partial charge in [-0.2, -0.15) is 14.9 Å². The minimum Gasteiger partial charge on any atom is -0.456 e. The molecular formula is C20H25N7O3. The zero-order chi connectivity index (χ0) is 21.8. The molecule has 0 aromatic carbocycles. The Hall–Kier alpha value is -3.56. The van der Waals surface area contributed by atoms with Crippen molar-refractivity contribution in [2.75, 3.05) is 11.9 Å². The van der Waals surface area contributed by atoms with Crippen LogP contribution in [0.2, 0.25) is 0 Å². The normalized spacial score (nSPS) is 10.8. The lowest BCUT2D eigenvalue weighted by atomic mass is 10.4. The summed E-state index contributed by atoms with van der Waals surface area (Å²) in [6, 6.07) is 5.48. The highest BCUT2D eigenvalue weighted by Crippen LogP contribution is 2.15. The van der Waals surface area contributed by atoms with Crippen LogP contribution in [0.15, 0.2) is 18.2 Å². The lowest BCUT2D eigenvalue weighted by molar-refractivity contribution is -0.147. The lowest BCUT2D eigenvalue weighted by Gasteiger charge is -2.09. The average Bonchev–Trinajstić information content (AvgIpc) is 3.18. The molecule has 0 saturated heterocycles. The first-order valence-electron chi connectivity index (χ1n) is 9.57. The second kappa shape index (κ2) is 8.85. The number of aromatic nitrogens is 6. The number of nitrogens with zero attached hydrogens (tertiary/aromatic N) is 6. The van der Waals surface area contributed by atoms with E-state index < -0.39 is 18.5 Å². The molecule has 158 valence electrons. The van der Waals surface area contributed by atoms with Crippen LogP contribution in [0.3, 0.4) is 0 Å². The van der Waals surface area contributed by atoms with Gasteiger partial charge in [0.15, 0.2) is 6.61 Å². The van der Waals surface area contributed by atoms with Crippen molar-refractivity contribution < 1.29 is 14.3 Å². The first-order valence-corrected chi connectivity index (χ1v) is 9.57. The highest BCUT2D eigenvalue weighted by atomic mass is 16.5. The molecule has 3 aromatic rings. The number of carbonyl (C=O) groups is 2. The summed E-state index contributed by atoms with van der Waals surface area (Å²) >= 11 is 0. The van der Waals surface area contributed by atoms with Crippen molar-refractivity contribution in [3.05, 3.63) is 46.7 Å². The Kier molecular flexibility index (Phi) is 6.24. The molecule has 30 heavy (non-hydrogen) atoms. The van der Waals surface area contributed by atoms with Crippen LogP contribution < -0.4 is 5.32 Å². The first-order chi connectivity index (χ1) is 14.2. The summed E-state index contributed by atoms with van der Waals surface area (Å²) in [7, 11) is 0. The molecule has 0 aliphatic heterocycles. The maximum atomic E-state index is 12.3. The summed E-state index contributed by atoms with van der Waals surface area (Å²) in [5.74, 6) is -0.181. The van der Waals surface area contributed by atoms with Crippen molar-refractivity contribution in [3.63, 3.8) is 0 Å². The van der Waals surface area contributed by atoms with Crippen LogP contribution in [0.5, 0.6) is 0 Å². The summed E-state index contributed by atoms with van der Waals surface area (Å²) in [5, 5.41) is 11.3. The van der Waals surface area contributed by atoms with Crippen molar-refractivity contribution in [1.29, 1.82) is 0 Å². The summed E-state index contributed by atoms with van der Waals surface area (Å²) in [5.41, 5.74) is 4.13. The molecule has 0 bridgehead atoms. The number of hydrogen-bond acceptors (Lipinski definition) is 7. The smallest absolute Gasteiger partial charge is 0.308 e. The molecular weight excluding hydrogens is 386 g/mol. The number of amides is 1. The third-order valence-electron chi connectivity index (χ3n) is 4.25. The predicted octanol–water partition coefficient (Wildman–Crippen LogP) is 1.97. The van der Waals surface area contributed by atoms with Crippen LogP contribution >= 0.6 is 0 Å². The maximum absolute atomic E-state index is 12.3. The molecule has 3 rings (SSSR count). The third kappa shape index (κ3) is 5.28. The molecule has 0 spiro atoms. The third-order valence-corrected chi connectivity index (χ3v) is 4.25. The van der Waals surface area contributed by atoms with E-state index in [1.54, 1.807) is 17.7 Å².